The first kappa shape index (κ1) is 8.50. The predicted molar refractivity (Wildman–Crippen MR) is 35.6 cm³/mol. The minimum Gasteiger partial charge on any atom is -0.324 e. The fourth-order valence-corrected chi connectivity index (χ4v) is 0.876. The Labute approximate surface area is 54.0 Å². The van der Waals surface area contributed by atoms with Crippen LogP contribution in [0.5, 0.6) is 0 Å². The number of hydrogen-bond acceptors (Lipinski definition) is 3. The third kappa shape index (κ3) is 6.50. The summed E-state index contributed by atoms with van der Waals surface area (Å²) < 4.78 is 14.7. The maximum atomic E-state index is 10.3. The monoisotopic (exact) mass is 156 g/mol. The van der Waals surface area contributed by atoms with Crippen LogP contribution in [0.2, 0.25) is 0 Å². The van der Waals surface area contributed by atoms with Gasteiger partial charge in [0.05, 0.1) is 6.61 Å². The Bertz CT molecular complexity index is 98.7. The first-order chi connectivity index (χ1) is 3.56. The van der Waals surface area contributed by atoms with Gasteiger partial charge < -0.3 is 9.42 Å². The van der Waals surface area contributed by atoms with E-state index >= 15 is 0 Å². The van der Waals surface area contributed by atoms with E-state index in [-0.39, 0.29) is 6.61 Å². The minimum absolute atomic E-state index is 0.230. The average Bonchev–Trinajstić information content (AvgIpc) is 1.59. The third-order valence-corrected chi connectivity index (χ3v) is 1.27. The Balaban J connectivity index is 3.26. The molecule has 0 rings (SSSR count). The second-order valence-electron chi connectivity index (χ2n) is 1.36. The van der Waals surface area contributed by atoms with E-state index < -0.39 is 7.60 Å². The molecule has 8 heavy (non-hydrogen) atoms. The zero-order chi connectivity index (χ0) is 6.62. The van der Waals surface area contributed by atoms with Gasteiger partial charge in [-0.25, -0.2) is 0 Å². The standard InChI is InChI=1S/C3H9O3PS/c1-7(4,5)6-2-3-8/h8H,2-3H2,1H3,(H,4,5). The van der Waals surface area contributed by atoms with Gasteiger partial charge in [-0.05, 0) is 0 Å². The molecule has 0 aliphatic rings. The van der Waals surface area contributed by atoms with Crippen LogP contribution in [-0.4, -0.2) is 23.9 Å². The molecule has 1 atom stereocenters. The van der Waals surface area contributed by atoms with Crippen LogP contribution in [0.1, 0.15) is 0 Å². The van der Waals surface area contributed by atoms with Crippen molar-refractivity contribution < 1.29 is 14.0 Å². The summed E-state index contributed by atoms with van der Waals surface area (Å²) >= 11 is 3.78. The smallest absolute Gasteiger partial charge is 0.324 e. The van der Waals surface area contributed by atoms with E-state index in [4.69, 9.17) is 4.89 Å². The summed E-state index contributed by atoms with van der Waals surface area (Å²) in [7, 11) is -3.23. The lowest BCUT2D eigenvalue weighted by atomic mass is 10.9. The van der Waals surface area contributed by atoms with E-state index in [2.05, 4.69) is 17.2 Å². The van der Waals surface area contributed by atoms with Crippen LogP contribution < -0.4 is 0 Å². The highest BCUT2D eigenvalue weighted by Crippen LogP contribution is 2.35. The zero-order valence-electron chi connectivity index (χ0n) is 4.57. The summed E-state index contributed by atoms with van der Waals surface area (Å²) in [6.45, 7) is 1.38. The molecule has 0 aliphatic heterocycles. The normalized spacial score (nSPS) is 17.9. The van der Waals surface area contributed by atoms with Gasteiger partial charge in [0.15, 0.2) is 0 Å². The first-order valence-corrected chi connectivity index (χ1v) is 4.77. The molecule has 3 nitrogen and oxygen atoms in total. The molecule has 0 aromatic rings. The van der Waals surface area contributed by atoms with Gasteiger partial charge in [0.1, 0.15) is 0 Å². The highest BCUT2D eigenvalue weighted by Gasteiger charge is 2.07. The molecule has 0 saturated carbocycles. The molecular weight excluding hydrogens is 147 g/mol. The van der Waals surface area contributed by atoms with E-state index in [0.717, 1.165) is 6.66 Å². The quantitative estimate of drug-likeness (QED) is 0.468. The topological polar surface area (TPSA) is 46.5 Å². The summed E-state index contributed by atoms with van der Waals surface area (Å²) in [4.78, 5) is 8.45. The van der Waals surface area contributed by atoms with E-state index in [1.165, 1.54) is 0 Å². The molecule has 0 bridgehead atoms. The molecule has 0 aromatic carbocycles. The van der Waals surface area contributed by atoms with Gasteiger partial charge >= 0.3 is 7.60 Å². The summed E-state index contributed by atoms with van der Waals surface area (Å²) in [6, 6.07) is 0. The molecule has 1 unspecified atom stereocenters. The predicted octanol–water partition coefficient (Wildman–Crippen LogP) is 0.748. The fourth-order valence-electron chi connectivity index (χ4n) is 0.210. The van der Waals surface area contributed by atoms with Gasteiger partial charge in [0.2, 0.25) is 0 Å². The van der Waals surface area contributed by atoms with Crippen LogP contribution >= 0.6 is 20.2 Å². The van der Waals surface area contributed by atoms with Gasteiger partial charge in [0, 0.05) is 12.4 Å². The van der Waals surface area contributed by atoms with E-state index in [0.29, 0.717) is 5.75 Å². The molecule has 50 valence electrons. The number of thiol groups is 1. The van der Waals surface area contributed by atoms with Crippen LogP contribution in [0, 0.1) is 0 Å². The lowest BCUT2D eigenvalue weighted by molar-refractivity contribution is 0.282. The van der Waals surface area contributed by atoms with Crippen molar-refractivity contribution in [1.29, 1.82) is 0 Å². The van der Waals surface area contributed by atoms with Crippen LogP contribution in [0.3, 0.4) is 0 Å². The largest absolute Gasteiger partial charge is 0.325 e. The second kappa shape index (κ2) is 3.51. The molecule has 5 heteroatoms. The maximum Gasteiger partial charge on any atom is 0.325 e. The summed E-state index contributed by atoms with van der Waals surface area (Å²) in [5.74, 6) is 0.471. The molecular formula is C3H9O3PS. The van der Waals surface area contributed by atoms with Gasteiger partial charge in [-0.15, -0.1) is 0 Å². The summed E-state index contributed by atoms with van der Waals surface area (Å²) in [6.07, 6.45) is 0. The lowest BCUT2D eigenvalue weighted by Gasteiger charge is -2.02. The Morgan fingerprint density at radius 3 is 2.50 bits per heavy atom. The maximum absolute atomic E-state index is 10.3. The molecule has 0 fully saturated rings. The Hall–Kier alpha value is 0.500. The summed E-state index contributed by atoms with van der Waals surface area (Å²) in [5, 5.41) is 0. The molecule has 0 amide bonds. The lowest BCUT2D eigenvalue weighted by Crippen LogP contribution is -1.91. The van der Waals surface area contributed by atoms with E-state index in [1.54, 1.807) is 0 Å². The Kier molecular flexibility index (Phi) is 3.73. The van der Waals surface area contributed by atoms with Gasteiger partial charge in [-0.2, -0.15) is 12.6 Å². The van der Waals surface area contributed by atoms with Crippen molar-refractivity contribution in [3.05, 3.63) is 0 Å². The van der Waals surface area contributed by atoms with Crippen LogP contribution in [0.4, 0.5) is 0 Å². The molecule has 1 N–H and O–H groups in total. The van der Waals surface area contributed by atoms with Crippen molar-refractivity contribution in [3.8, 4) is 0 Å². The van der Waals surface area contributed by atoms with Gasteiger partial charge in [-0.3, -0.25) is 4.57 Å². The molecule has 0 aliphatic carbocycles. The molecule has 0 aromatic heterocycles. The first-order valence-electron chi connectivity index (χ1n) is 2.12. The number of hydrogen-bond donors (Lipinski definition) is 2. The van der Waals surface area contributed by atoms with Gasteiger partial charge in [0.25, 0.3) is 0 Å². The molecule has 0 radical (unpaired) electrons. The highest BCUT2D eigenvalue weighted by molar-refractivity contribution is 7.80. The van der Waals surface area contributed by atoms with Crippen LogP contribution in [0.15, 0.2) is 0 Å². The minimum atomic E-state index is -3.23. The highest BCUT2D eigenvalue weighted by atomic mass is 32.1. The van der Waals surface area contributed by atoms with Crippen LogP contribution in [0.25, 0.3) is 0 Å². The summed E-state index contributed by atoms with van der Waals surface area (Å²) in [5.41, 5.74) is 0. The van der Waals surface area contributed by atoms with Gasteiger partial charge in [-0.1, -0.05) is 0 Å². The fraction of sp³-hybridized carbons (Fsp3) is 1.00. The second-order valence-corrected chi connectivity index (χ2v) is 3.67. The van der Waals surface area contributed by atoms with Crippen molar-refractivity contribution in [3.63, 3.8) is 0 Å². The number of rotatable bonds is 3. The molecule has 0 spiro atoms. The van der Waals surface area contributed by atoms with Crippen molar-refractivity contribution in [1.82, 2.24) is 0 Å². The van der Waals surface area contributed by atoms with Crippen molar-refractivity contribution in [2.45, 2.75) is 0 Å². The SMILES string of the molecule is CP(=O)(O)OCCS. The molecule has 0 heterocycles. The third-order valence-electron chi connectivity index (χ3n) is 0.422. The van der Waals surface area contributed by atoms with E-state index in [1.807, 2.05) is 0 Å². The Morgan fingerprint density at radius 1 is 1.88 bits per heavy atom. The van der Waals surface area contributed by atoms with Crippen molar-refractivity contribution in [2.24, 2.45) is 0 Å². The van der Waals surface area contributed by atoms with Crippen molar-refractivity contribution >= 4 is 20.2 Å². The van der Waals surface area contributed by atoms with E-state index in [9.17, 15) is 4.57 Å². The molecule has 0 saturated heterocycles. The van der Waals surface area contributed by atoms with Crippen LogP contribution in [-0.2, 0) is 9.09 Å². The zero-order valence-corrected chi connectivity index (χ0v) is 6.36. The Morgan fingerprint density at radius 2 is 2.38 bits per heavy atom. The average molecular weight is 156 g/mol. The van der Waals surface area contributed by atoms with Crippen molar-refractivity contribution in [2.75, 3.05) is 19.0 Å².